The van der Waals surface area contributed by atoms with Gasteiger partial charge < -0.3 is 4.74 Å². The Balaban J connectivity index is 2.72. The first kappa shape index (κ1) is 26.4. The lowest BCUT2D eigenvalue weighted by Crippen LogP contribution is -2.20. The molecule has 0 N–H and O–H groups in total. The summed E-state index contributed by atoms with van der Waals surface area (Å²) in [5, 5.41) is -0.582. The molecule has 0 saturated carbocycles. The summed E-state index contributed by atoms with van der Waals surface area (Å²) in [6, 6.07) is 4.49. The first-order chi connectivity index (χ1) is 14.7. The van der Waals surface area contributed by atoms with E-state index < -0.39 is 40.9 Å². The minimum Gasteiger partial charge on any atom is -0.494 e. The molecule has 0 radical (unpaired) electrons. The second-order valence-corrected chi connectivity index (χ2v) is 7.79. The molecule has 2 rings (SSSR count). The average molecular weight is 520 g/mol. The van der Waals surface area contributed by atoms with Gasteiger partial charge in [-0.3, -0.25) is 4.79 Å². The number of Topliss-reactive ketones (excluding diaryl/α,β-unsaturated/α-hetero) is 1. The fraction of sp³-hybridized carbons (Fsp3) is 0.286. The summed E-state index contributed by atoms with van der Waals surface area (Å²) in [6.07, 6.45) is -9.15. The van der Waals surface area contributed by atoms with Crippen molar-refractivity contribution >= 4 is 46.3 Å². The lowest BCUT2D eigenvalue weighted by molar-refractivity contribution is -0.140. The summed E-state index contributed by atoms with van der Waals surface area (Å²) in [6.45, 7) is 2.28. The normalized spacial score (nSPS) is 13.8. The molecule has 0 aliphatic heterocycles. The van der Waals surface area contributed by atoms with Gasteiger partial charge in [-0.2, -0.15) is 26.3 Å². The van der Waals surface area contributed by atoms with Gasteiger partial charge in [0.25, 0.3) is 0 Å². The van der Waals surface area contributed by atoms with E-state index in [1.165, 1.54) is 6.92 Å². The van der Waals surface area contributed by atoms with Crippen molar-refractivity contribution in [1.82, 2.24) is 0 Å². The number of hydrogen-bond acceptors (Lipinski definition) is 2. The molecule has 0 aromatic heterocycles. The van der Waals surface area contributed by atoms with Crippen LogP contribution in [0, 0.1) is 0 Å². The first-order valence-electron chi connectivity index (χ1n) is 8.95. The Morgan fingerprint density at radius 1 is 1.03 bits per heavy atom. The molecule has 11 heteroatoms. The van der Waals surface area contributed by atoms with Crippen molar-refractivity contribution in [1.29, 1.82) is 0 Å². The fourth-order valence-electron chi connectivity index (χ4n) is 2.91. The van der Waals surface area contributed by atoms with E-state index >= 15 is 0 Å². The maximum atomic E-state index is 13.9. The third-order valence-corrected chi connectivity index (χ3v) is 5.52. The van der Waals surface area contributed by atoms with Crippen molar-refractivity contribution in [2.45, 2.75) is 32.1 Å². The largest absolute Gasteiger partial charge is 0.494 e. The van der Waals surface area contributed by atoms with Crippen molar-refractivity contribution in [3.63, 3.8) is 0 Å². The van der Waals surface area contributed by atoms with Gasteiger partial charge in [-0.15, -0.1) is 0 Å². The van der Waals surface area contributed by atoms with Gasteiger partial charge in [0.15, 0.2) is 5.78 Å². The van der Waals surface area contributed by atoms with Crippen molar-refractivity contribution < 1.29 is 35.9 Å². The van der Waals surface area contributed by atoms with Crippen molar-refractivity contribution in [2.75, 3.05) is 6.61 Å². The highest BCUT2D eigenvalue weighted by molar-refractivity contribution is 6.48. The summed E-state index contributed by atoms with van der Waals surface area (Å²) in [5.41, 5.74) is -2.56. The molecule has 174 valence electrons. The molecule has 0 fully saturated rings. The Kier molecular flexibility index (Phi) is 8.18. The Morgan fingerprint density at radius 2 is 1.59 bits per heavy atom. The van der Waals surface area contributed by atoms with Gasteiger partial charge in [-0.1, -0.05) is 46.9 Å². The molecule has 2 aromatic carbocycles. The summed E-state index contributed by atoms with van der Waals surface area (Å²) in [4.78, 5) is 11.6. The van der Waals surface area contributed by atoms with Crippen LogP contribution in [0.5, 0.6) is 0 Å². The van der Waals surface area contributed by atoms with E-state index in [1.54, 1.807) is 0 Å². The molecule has 1 atom stereocenters. The van der Waals surface area contributed by atoms with Crippen molar-refractivity contribution in [2.24, 2.45) is 0 Å². The number of benzene rings is 2. The van der Waals surface area contributed by atoms with Gasteiger partial charge >= 0.3 is 12.4 Å². The van der Waals surface area contributed by atoms with Gasteiger partial charge in [0.2, 0.25) is 0 Å². The molecular formula is C21H15Cl3F6O2. The molecule has 0 aliphatic carbocycles. The minimum atomic E-state index is -4.91. The van der Waals surface area contributed by atoms with Gasteiger partial charge in [0, 0.05) is 11.1 Å². The smallest absolute Gasteiger partial charge is 0.417 e. The Morgan fingerprint density at radius 3 is 2.03 bits per heavy atom. The molecule has 0 bridgehead atoms. The van der Waals surface area contributed by atoms with Crippen molar-refractivity contribution in [3.8, 4) is 0 Å². The van der Waals surface area contributed by atoms with Crippen LogP contribution in [0.3, 0.4) is 0 Å². The highest BCUT2D eigenvalue weighted by Gasteiger charge is 2.41. The molecule has 2 aromatic rings. The van der Waals surface area contributed by atoms with E-state index in [2.05, 4.69) is 0 Å². The molecule has 0 saturated heterocycles. The minimum absolute atomic E-state index is 0.131. The number of ether oxygens (including phenoxy) is 1. The third-order valence-electron chi connectivity index (χ3n) is 4.32. The number of hydrogen-bond donors (Lipinski definition) is 0. The van der Waals surface area contributed by atoms with Crippen LogP contribution >= 0.6 is 34.8 Å². The zero-order valence-corrected chi connectivity index (χ0v) is 18.7. The number of ketones is 1. The van der Waals surface area contributed by atoms with Crippen LogP contribution in [0.1, 0.15) is 46.8 Å². The van der Waals surface area contributed by atoms with Crippen LogP contribution in [0.2, 0.25) is 15.1 Å². The predicted molar refractivity (Wildman–Crippen MR) is 111 cm³/mol. The maximum absolute atomic E-state index is 13.9. The molecule has 0 aliphatic rings. The van der Waals surface area contributed by atoms with E-state index in [0.29, 0.717) is 12.1 Å². The summed E-state index contributed by atoms with van der Waals surface area (Å²) in [5.74, 6) is -3.62. The maximum Gasteiger partial charge on any atom is 0.417 e. The number of halogens is 9. The number of carbonyl (C=O) groups excluding carboxylic acids is 1. The van der Waals surface area contributed by atoms with Crippen LogP contribution in [0.25, 0.3) is 5.76 Å². The Bertz CT molecular complexity index is 1020. The van der Waals surface area contributed by atoms with Gasteiger partial charge in [0.05, 0.1) is 27.2 Å². The number of alkyl halides is 6. The lowest BCUT2D eigenvalue weighted by Gasteiger charge is -2.21. The van der Waals surface area contributed by atoms with Crippen LogP contribution in [-0.2, 0) is 10.9 Å². The average Bonchev–Trinajstić information content (AvgIpc) is 2.66. The van der Waals surface area contributed by atoms with E-state index in [1.807, 2.05) is 0 Å². The predicted octanol–water partition coefficient (Wildman–Crippen LogP) is 8.59. The quantitative estimate of drug-likeness (QED) is 0.165. The van der Waals surface area contributed by atoms with E-state index in [9.17, 15) is 31.1 Å². The van der Waals surface area contributed by atoms with Crippen LogP contribution < -0.4 is 0 Å². The standard InChI is InChI=1S/C21H15Cl3F6O2/c1-3-32-18(11-4-5-13(10(2)31)15(6-11)21(28,29)30)9-14(20(25,26)27)12-7-16(22)19(24)17(23)8-12/h4-9,14H,3H2,1-2H3/b18-9-. The monoisotopic (exact) mass is 518 g/mol. The van der Waals surface area contributed by atoms with Crippen LogP contribution in [0.4, 0.5) is 26.3 Å². The molecule has 2 nitrogen and oxygen atoms in total. The van der Waals surface area contributed by atoms with Gasteiger partial charge in [0.1, 0.15) is 11.7 Å². The SMILES string of the molecule is CCO/C(=C\C(c1cc(Cl)c(Cl)c(Cl)c1)C(F)(F)F)c1ccc(C(C)=O)c(C(F)(F)F)c1. The Hall–Kier alpha value is -1.90. The zero-order chi connectivity index (χ0) is 24.4. The second-order valence-electron chi connectivity index (χ2n) is 6.60. The number of carbonyl (C=O) groups is 1. The van der Waals surface area contributed by atoms with Crippen LogP contribution in [-0.4, -0.2) is 18.6 Å². The van der Waals surface area contributed by atoms with E-state index in [4.69, 9.17) is 39.5 Å². The van der Waals surface area contributed by atoms with Crippen molar-refractivity contribution in [3.05, 3.63) is 73.7 Å². The van der Waals surface area contributed by atoms with Crippen LogP contribution in [0.15, 0.2) is 36.4 Å². The molecule has 0 amide bonds. The topological polar surface area (TPSA) is 26.3 Å². The molecule has 0 heterocycles. The fourth-order valence-corrected chi connectivity index (χ4v) is 3.52. The van der Waals surface area contributed by atoms with Gasteiger partial charge in [-0.25, -0.2) is 0 Å². The zero-order valence-electron chi connectivity index (χ0n) is 16.5. The van der Waals surface area contributed by atoms with Gasteiger partial charge in [-0.05, 0) is 43.7 Å². The highest BCUT2D eigenvalue weighted by atomic mass is 35.5. The van der Waals surface area contributed by atoms with E-state index in [0.717, 1.165) is 31.2 Å². The molecule has 0 spiro atoms. The third kappa shape index (κ3) is 6.11. The number of allylic oxidation sites excluding steroid dienone is 1. The first-order valence-corrected chi connectivity index (χ1v) is 10.1. The lowest BCUT2D eigenvalue weighted by atomic mass is 9.94. The second kappa shape index (κ2) is 9.93. The number of rotatable bonds is 6. The summed E-state index contributed by atoms with van der Waals surface area (Å²) < 4.78 is 87.2. The Labute approximate surface area is 194 Å². The summed E-state index contributed by atoms with van der Waals surface area (Å²) in [7, 11) is 0. The molecule has 32 heavy (non-hydrogen) atoms. The highest BCUT2D eigenvalue weighted by Crippen LogP contribution is 2.42. The summed E-state index contributed by atoms with van der Waals surface area (Å²) >= 11 is 17.5. The molecule has 1 unspecified atom stereocenters. The molecular weight excluding hydrogens is 505 g/mol. The van der Waals surface area contributed by atoms with E-state index in [-0.39, 0.29) is 32.8 Å².